The zero-order chi connectivity index (χ0) is 19.6. The quantitative estimate of drug-likeness (QED) is 0.871. The van der Waals surface area contributed by atoms with Crippen molar-refractivity contribution >= 4 is 29.1 Å². The number of halogens is 1. The number of ether oxygens (including phenoxy) is 1. The van der Waals surface area contributed by atoms with Crippen LogP contribution in [0.15, 0.2) is 35.3 Å². The molecule has 1 aromatic heterocycles. The average molecular weight is 390 g/mol. The summed E-state index contributed by atoms with van der Waals surface area (Å²) in [5, 5.41) is 2.94. The third-order valence-electron chi connectivity index (χ3n) is 4.48. The van der Waals surface area contributed by atoms with Gasteiger partial charge >= 0.3 is 0 Å². The average Bonchev–Trinajstić information content (AvgIpc) is 3.19. The van der Waals surface area contributed by atoms with Gasteiger partial charge < -0.3 is 19.5 Å². The summed E-state index contributed by atoms with van der Waals surface area (Å²) in [6, 6.07) is 6.05. The molecule has 2 amide bonds. The summed E-state index contributed by atoms with van der Waals surface area (Å²) in [6.45, 7) is 1.39. The first-order valence-corrected chi connectivity index (χ1v) is 8.93. The van der Waals surface area contributed by atoms with Crippen LogP contribution in [0.5, 0.6) is 5.75 Å². The normalized spacial score (nSPS) is 13.5. The lowest BCUT2D eigenvalue weighted by molar-refractivity contribution is 0.0791. The topological polar surface area (TPSA) is 80.6 Å². The molecule has 0 spiro atoms. The van der Waals surface area contributed by atoms with Crippen molar-refractivity contribution < 1.29 is 14.3 Å². The van der Waals surface area contributed by atoms with Crippen LogP contribution < -0.4 is 15.6 Å². The van der Waals surface area contributed by atoms with Gasteiger partial charge in [0.15, 0.2) is 0 Å². The molecule has 142 valence electrons. The smallest absolute Gasteiger partial charge is 0.274 e. The molecular formula is C19H20ClN3O4. The van der Waals surface area contributed by atoms with Crippen molar-refractivity contribution in [1.82, 2.24) is 9.47 Å². The number of anilines is 1. The summed E-state index contributed by atoms with van der Waals surface area (Å²) in [4.78, 5) is 39.4. The monoisotopic (exact) mass is 389 g/mol. The minimum Gasteiger partial charge on any atom is -0.496 e. The van der Waals surface area contributed by atoms with E-state index in [1.807, 2.05) is 0 Å². The summed E-state index contributed by atoms with van der Waals surface area (Å²) in [5.74, 6) is -0.367. The molecule has 0 bridgehead atoms. The van der Waals surface area contributed by atoms with E-state index < -0.39 is 11.5 Å². The Bertz CT molecular complexity index is 948. The molecule has 0 unspecified atom stereocenters. The van der Waals surface area contributed by atoms with Crippen molar-refractivity contribution in [3.05, 3.63) is 57.0 Å². The second-order valence-electron chi connectivity index (χ2n) is 6.36. The number of aryl methyl sites for hydroxylation is 1. The lowest BCUT2D eigenvalue weighted by atomic mass is 10.1. The van der Waals surface area contributed by atoms with E-state index in [0.717, 1.165) is 12.8 Å². The fourth-order valence-electron chi connectivity index (χ4n) is 3.07. The van der Waals surface area contributed by atoms with E-state index in [-0.39, 0.29) is 17.2 Å². The fourth-order valence-corrected chi connectivity index (χ4v) is 3.24. The lowest BCUT2D eigenvalue weighted by Crippen LogP contribution is -2.31. The molecule has 1 aliphatic heterocycles. The number of nitrogens with zero attached hydrogens (tertiary/aromatic N) is 2. The zero-order valence-electron chi connectivity index (χ0n) is 15.1. The Hall–Kier alpha value is -2.80. The Morgan fingerprint density at radius 3 is 2.56 bits per heavy atom. The standard InChI is InChI=1S/C19H20ClN3O4/c1-22-11-12(18(25)23-7-3-4-8-23)9-15(19(22)26)21-17(24)14-10-13(20)5-6-16(14)27-2/h5-6,9-11H,3-4,7-8H2,1-2H3,(H,21,24). The Kier molecular flexibility index (Phi) is 5.51. The van der Waals surface area contributed by atoms with E-state index in [1.54, 1.807) is 24.1 Å². The van der Waals surface area contributed by atoms with Gasteiger partial charge in [-0.1, -0.05) is 11.6 Å². The van der Waals surface area contributed by atoms with E-state index in [2.05, 4.69) is 5.32 Å². The molecule has 0 radical (unpaired) electrons. The summed E-state index contributed by atoms with van der Waals surface area (Å²) < 4.78 is 6.46. The number of nitrogens with one attached hydrogen (secondary N) is 1. The largest absolute Gasteiger partial charge is 0.496 e. The first kappa shape index (κ1) is 19.0. The molecule has 27 heavy (non-hydrogen) atoms. The van der Waals surface area contributed by atoms with E-state index in [4.69, 9.17) is 16.3 Å². The van der Waals surface area contributed by atoms with Crippen LogP contribution in [0.1, 0.15) is 33.6 Å². The molecule has 0 saturated carbocycles. The molecule has 8 heteroatoms. The molecule has 7 nitrogen and oxygen atoms in total. The first-order chi connectivity index (χ1) is 12.9. The van der Waals surface area contributed by atoms with Crippen molar-refractivity contribution in [3.63, 3.8) is 0 Å². The van der Waals surface area contributed by atoms with E-state index in [1.165, 1.54) is 30.0 Å². The lowest BCUT2D eigenvalue weighted by Gasteiger charge is -2.17. The number of carbonyl (C=O) groups excluding carboxylic acids is 2. The second-order valence-corrected chi connectivity index (χ2v) is 6.79. The second kappa shape index (κ2) is 7.84. The molecule has 1 aromatic carbocycles. The Labute approximate surface area is 161 Å². The maximum Gasteiger partial charge on any atom is 0.274 e. The summed E-state index contributed by atoms with van der Waals surface area (Å²) in [5.41, 5.74) is 0.160. The predicted octanol–water partition coefficient (Wildman–Crippen LogP) is 2.54. The van der Waals surface area contributed by atoms with Crippen LogP contribution in [0.2, 0.25) is 5.02 Å². The van der Waals surface area contributed by atoms with Crippen LogP contribution in [-0.2, 0) is 7.05 Å². The molecule has 2 aromatic rings. The third-order valence-corrected chi connectivity index (χ3v) is 4.71. The number of pyridine rings is 1. The first-order valence-electron chi connectivity index (χ1n) is 8.55. The van der Waals surface area contributed by atoms with Crippen LogP contribution in [0.25, 0.3) is 0 Å². The van der Waals surface area contributed by atoms with Gasteiger partial charge in [0.05, 0.1) is 18.2 Å². The minimum absolute atomic E-state index is 0.0228. The number of likely N-dealkylation sites (tertiary alicyclic amines) is 1. The number of methoxy groups -OCH3 is 1. The molecule has 1 fully saturated rings. The van der Waals surface area contributed by atoms with Gasteiger partial charge in [0.1, 0.15) is 11.4 Å². The van der Waals surface area contributed by atoms with Gasteiger partial charge in [-0.05, 0) is 37.1 Å². The van der Waals surface area contributed by atoms with Crippen LogP contribution in [0.4, 0.5) is 5.69 Å². The van der Waals surface area contributed by atoms with Gasteiger partial charge in [0.25, 0.3) is 17.4 Å². The number of hydrogen-bond acceptors (Lipinski definition) is 4. The van der Waals surface area contributed by atoms with Gasteiger partial charge in [-0.2, -0.15) is 0 Å². The van der Waals surface area contributed by atoms with Crippen LogP contribution in [0, 0.1) is 0 Å². The van der Waals surface area contributed by atoms with Gasteiger partial charge in [0.2, 0.25) is 0 Å². The molecule has 2 heterocycles. The number of benzene rings is 1. The SMILES string of the molecule is COc1ccc(Cl)cc1C(=O)Nc1cc(C(=O)N2CCCC2)cn(C)c1=O. The van der Waals surface area contributed by atoms with Gasteiger partial charge in [-0.15, -0.1) is 0 Å². The van der Waals surface area contributed by atoms with E-state index in [9.17, 15) is 14.4 Å². The molecule has 1 N–H and O–H groups in total. The van der Waals surface area contributed by atoms with E-state index >= 15 is 0 Å². The molecule has 1 aliphatic rings. The Morgan fingerprint density at radius 1 is 1.19 bits per heavy atom. The highest BCUT2D eigenvalue weighted by molar-refractivity contribution is 6.31. The third kappa shape index (κ3) is 3.98. The number of rotatable bonds is 4. The van der Waals surface area contributed by atoms with Crippen molar-refractivity contribution in [2.24, 2.45) is 7.05 Å². The highest BCUT2D eigenvalue weighted by atomic mass is 35.5. The van der Waals surface area contributed by atoms with Crippen molar-refractivity contribution in [2.45, 2.75) is 12.8 Å². The van der Waals surface area contributed by atoms with Crippen LogP contribution >= 0.6 is 11.6 Å². The number of hydrogen-bond donors (Lipinski definition) is 1. The highest BCUT2D eigenvalue weighted by Gasteiger charge is 2.22. The summed E-state index contributed by atoms with van der Waals surface area (Å²) in [7, 11) is 2.98. The van der Waals surface area contributed by atoms with Crippen LogP contribution in [-0.4, -0.2) is 41.5 Å². The Morgan fingerprint density at radius 2 is 1.89 bits per heavy atom. The predicted molar refractivity (Wildman–Crippen MR) is 103 cm³/mol. The number of aromatic nitrogens is 1. The molecule has 0 aliphatic carbocycles. The fraction of sp³-hybridized carbons (Fsp3) is 0.316. The van der Waals surface area contributed by atoms with Crippen molar-refractivity contribution in [3.8, 4) is 5.75 Å². The van der Waals surface area contributed by atoms with E-state index in [0.29, 0.717) is 29.4 Å². The maximum atomic E-state index is 12.7. The van der Waals surface area contributed by atoms with Gasteiger partial charge in [0, 0.05) is 31.4 Å². The van der Waals surface area contributed by atoms with Crippen LogP contribution in [0.3, 0.4) is 0 Å². The summed E-state index contributed by atoms with van der Waals surface area (Å²) in [6.07, 6.45) is 3.42. The van der Waals surface area contributed by atoms with Gasteiger partial charge in [-0.3, -0.25) is 14.4 Å². The molecular weight excluding hydrogens is 370 g/mol. The zero-order valence-corrected chi connectivity index (χ0v) is 15.9. The Balaban J connectivity index is 1.92. The number of carbonyl (C=O) groups is 2. The number of amides is 2. The molecule has 3 rings (SSSR count). The summed E-state index contributed by atoms with van der Waals surface area (Å²) >= 11 is 5.97. The highest BCUT2D eigenvalue weighted by Crippen LogP contribution is 2.23. The molecule has 1 saturated heterocycles. The minimum atomic E-state index is -0.544. The maximum absolute atomic E-state index is 12.7. The molecule has 0 atom stereocenters. The van der Waals surface area contributed by atoms with Crippen molar-refractivity contribution in [1.29, 1.82) is 0 Å². The van der Waals surface area contributed by atoms with Crippen molar-refractivity contribution in [2.75, 3.05) is 25.5 Å². The van der Waals surface area contributed by atoms with Gasteiger partial charge in [-0.25, -0.2) is 0 Å².